The van der Waals surface area contributed by atoms with Crippen LogP contribution in [0.2, 0.25) is 0 Å². The van der Waals surface area contributed by atoms with Gasteiger partial charge in [-0.3, -0.25) is 4.79 Å². The van der Waals surface area contributed by atoms with Gasteiger partial charge in [-0.1, -0.05) is 0 Å². The normalized spacial score (nSPS) is 11.5. The van der Waals surface area contributed by atoms with Crippen molar-refractivity contribution < 1.29 is 18.0 Å². The van der Waals surface area contributed by atoms with Gasteiger partial charge in [0.2, 0.25) is 0 Å². The highest BCUT2D eigenvalue weighted by Crippen LogP contribution is 2.26. The number of hydrogen-bond acceptors (Lipinski definition) is 3. The van der Waals surface area contributed by atoms with Gasteiger partial charge in [0.25, 0.3) is 5.78 Å². The number of nitrogen functional groups attached to an aromatic ring is 2. The molecule has 0 heterocycles. The summed E-state index contributed by atoms with van der Waals surface area (Å²) in [7, 11) is 0. The lowest BCUT2D eigenvalue weighted by atomic mass is 10.0. The van der Waals surface area contributed by atoms with E-state index in [9.17, 15) is 18.0 Å². The highest BCUT2D eigenvalue weighted by Gasteiger charge is 2.39. The Kier molecular flexibility index (Phi) is 2.61. The Hall–Kier alpha value is -1.72. The van der Waals surface area contributed by atoms with Crippen LogP contribution in [0.5, 0.6) is 0 Å². The molecule has 0 bridgehead atoms. The molecule has 0 atom stereocenters. The number of Topliss-reactive ketones (excluding diaryl/α,β-unsaturated/α-hetero) is 1. The smallest absolute Gasteiger partial charge is 0.398 e. The van der Waals surface area contributed by atoms with E-state index in [1.807, 2.05) is 0 Å². The maximum Gasteiger partial charge on any atom is 0.454 e. The van der Waals surface area contributed by atoms with Gasteiger partial charge in [0.15, 0.2) is 0 Å². The molecule has 0 saturated heterocycles. The van der Waals surface area contributed by atoms with Gasteiger partial charge >= 0.3 is 6.18 Å². The third-order valence-electron chi connectivity index (χ3n) is 2.01. The molecule has 0 spiro atoms. The lowest BCUT2D eigenvalue weighted by molar-refractivity contribution is -0.0885. The molecule has 82 valence electrons. The minimum absolute atomic E-state index is 0.0719. The Bertz CT molecular complexity index is 389. The van der Waals surface area contributed by atoms with Gasteiger partial charge in [-0.2, -0.15) is 13.2 Å². The van der Waals surface area contributed by atoms with E-state index in [4.69, 9.17) is 11.5 Å². The first kappa shape index (κ1) is 11.4. The molecule has 0 aliphatic carbocycles. The van der Waals surface area contributed by atoms with Crippen molar-refractivity contribution in [3.8, 4) is 0 Å². The molecule has 0 amide bonds. The number of nitrogens with two attached hydrogens (primary N) is 2. The average molecular weight is 218 g/mol. The summed E-state index contributed by atoms with van der Waals surface area (Å²) in [6.45, 7) is 1.56. The number of carbonyl (C=O) groups excluding carboxylic acids is 1. The Morgan fingerprint density at radius 2 is 1.60 bits per heavy atom. The van der Waals surface area contributed by atoms with Crippen molar-refractivity contribution in [2.24, 2.45) is 0 Å². The van der Waals surface area contributed by atoms with Crippen LogP contribution in [0.15, 0.2) is 12.1 Å². The molecule has 1 rings (SSSR count). The van der Waals surface area contributed by atoms with Crippen LogP contribution in [0.3, 0.4) is 0 Å². The molecule has 0 aliphatic rings. The number of alkyl halides is 3. The SMILES string of the molecule is Cc1c(N)cc(C(=O)C(F)(F)F)cc1N. The molecule has 4 N–H and O–H groups in total. The number of hydrogen-bond donors (Lipinski definition) is 2. The molecule has 0 fully saturated rings. The molecule has 0 radical (unpaired) electrons. The highest BCUT2D eigenvalue weighted by molar-refractivity contribution is 6.02. The number of halogens is 3. The zero-order chi connectivity index (χ0) is 11.8. The highest BCUT2D eigenvalue weighted by atomic mass is 19.4. The lowest BCUT2D eigenvalue weighted by Gasteiger charge is -2.09. The predicted molar refractivity (Wildman–Crippen MR) is 50.4 cm³/mol. The lowest BCUT2D eigenvalue weighted by Crippen LogP contribution is -2.23. The topological polar surface area (TPSA) is 69.1 Å². The van der Waals surface area contributed by atoms with Crippen LogP contribution in [0.1, 0.15) is 15.9 Å². The van der Waals surface area contributed by atoms with Crippen molar-refractivity contribution in [3.63, 3.8) is 0 Å². The molecule has 0 aromatic heterocycles. The van der Waals surface area contributed by atoms with Gasteiger partial charge in [-0.05, 0) is 24.6 Å². The van der Waals surface area contributed by atoms with Crippen molar-refractivity contribution in [2.75, 3.05) is 11.5 Å². The summed E-state index contributed by atoms with van der Waals surface area (Å²) >= 11 is 0. The van der Waals surface area contributed by atoms with Crippen LogP contribution in [0, 0.1) is 6.92 Å². The summed E-state index contributed by atoms with van der Waals surface area (Å²) < 4.78 is 36.2. The molecule has 3 nitrogen and oxygen atoms in total. The molecule has 1 aromatic carbocycles. The molecular formula is C9H9F3N2O. The Morgan fingerprint density at radius 1 is 1.20 bits per heavy atom. The van der Waals surface area contributed by atoms with Gasteiger partial charge < -0.3 is 11.5 Å². The summed E-state index contributed by atoms with van der Waals surface area (Å²) in [5, 5.41) is 0. The van der Waals surface area contributed by atoms with E-state index >= 15 is 0 Å². The fourth-order valence-corrected chi connectivity index (χ4v) is 1.05. The first-order chi connectivity index (χ1) is 6.73. The van der Waals surface area contributed by atoms with Crippen LogP contribution < -0.4 is 11.5 Å². The standard InChI is InChI=1S/C9H9F3N2O/c1-4-6(13)2-5(3-7(4)14)8(15)9(10,11)12/h2-3H,13-14H2,1H3. The van der Waals surface area contributed by atoms with Crippen molar-refractivity contribution in [1.82, 2.24) is 0 Å². The van der Waals surface area contributed by atoms with Gasteiger partial charge in [-0.25, -0.2) is 0 Å². The summed E-state index contributed by atoms with van der Waals surface area (Å²) in [5.41, 5.74) is 10.9. The van der Waals surface area contributed by atoms with Gasteiger partial charge in [0, 0.05) is 16.9 Å². The fraction of sp³-hybridized carbons (Fsp3) is 0.222. The minimum Gasteiger partial charge on any atom is -0.398 e. The first-order valence-electron chi connectivity index (χ1n) is 4.00. The van der Waals surface area contributed by atoms with Crippen LogP contribution in [0.4, 0.5) is 24.5 Å². The number of rotatable bonds is 1. The van der Waals surface area contributed by atoms with Crippen LogP contribution in [-0.2, 0) is 0 Å². The van der Waals surface area contributed by atoms with E-state index in [1.165, 1.54) is 0 Å². The summed E-state index contributed by atoms with van der Waals surface area (Å²) in [6, 6.07) is 1.95. The Balaban J connectivity index is 3.24. The van der Waals surface area contributed by atoms with Gasteiger partial charge in [0.05, 0.1) is 0 Å². The first-order valence-corrected chi connectivity index (χ1v) is 4.00. The molecule has 0 unspecified atom stereocenters. The third kappa shape index (κ3) is 2.20. The number of anilines is 2. The second-order valence-electron chi connectivity index (χ2n) is 3.11. The number of benzene rings is 1. The van der Waals surface area contributed by atoms with E-state index in [0.717, 1.165) is 12.1 Å². The quantitative estimate of drug-likeness (QED) is 0.558. The third-order valence-corrected chi connectivity index (χ3v) is 2.01. The molecule has 1 aromatic rings. The molecule has 0 saturated carbocycles. The van der Waals surface area contributed by atoms with Crippen LogP contribution in [-0.4, -0.2) is 12.0 Å². The van der Waals surface area contributed by atoms with Crippen molar-refractivity contribution in [2.45, 2.75) is 13.1 Å². The zero-order valence-corrected chi connectivity index (χ0v) is 7.85. The summed E-state index contributed by atoms with van der Waals surface area (Å²) in [5.74, 6) is -1.94. The van der Waals surface area contributed by atoms with Crippen molar-refractivity contribution in [3.05, 3.63) is 23.3 Å². The van der Waals surface area contributed by atoms with Crippen LogP contribution in [0.25, 0.3) is 0 Å². The number of carbonyl (C=O) groups is 1. The van der Waals surface area contributed by atoms with Crippen LogP contribution >= 0.6 is 0 Å². The van der Waals surface area contributed by atoms with E-state index in [-0.39, 0.29) is 11.4 Å². The van der Waals surface area contributed by atoms with Crippen molar-refractivity contribution in [1.29, 1.82) is 0 Å². The minimum atomic E-state index is -4.91. The maximum absolute atomic E-state index is 12.1. The van der Waals surface area contributed by atoms with E-state index < -0.39 is 17.5 Å². The van der Waals surface area contributed by atoms with E-state index in [1.54, 1.807) is 6.92 Å². The van der Waals surface area contributed by atoms with E-state index in [0.29, 0.717) is 5.56 Å². The monoisotopic (exact) mass is 218 g/mol. The molecular weight excluding hydrogens is 209 g/mol. The second kappa shape index (κ2) is 3.45. The fourth-order valence-electron chi connectivity index (χ4n) is 1.05. The van der Waals surface area contributed by atoms with Gasteiger partial charge in [-0.15, -0.1) is 0 Å². The number of ketones is 1. The largest absolute Gasteiger partial charge is 0.454 e. The second-order valence-corrected chi connectivity index (χ2v) is 3.11. The molecule has 0 aliphatic heterocycles. The zero-order valence-electron chi connectivity index (χ0n) is 7.85. The summed E-state index contributed by atoms with van der Waals surface area (Å²) in [6.07, 6.45) is -4.91. The molecule has 6 heteroatoms. The molecule has 15 heavy (non-hydrogen) atoms. The van der Waals surface area contributed by atoms with Crippen molar-refractivity contribution >= 4 is 17.2 Å². The Labute approximate surface area is 83.9 Å². The maximum atomic E-state index is 12.1. The summed E-state index contributed by atoms with van der Waals surface area (Å²) in [4.78, 5) is 10.8. The Morgan fingerprint density at radius 3 is 1.93 bits per heavy atom. The average Bonchev–Trinajstić information content (AvgIpc) is 2.10. The van der Waals surface area contributed by atoms with Gasteiger partial charge in [0.1, 0.15) is 0 Å². The predicted octanol–water partition coefficient (Wildman–Crippen LogP) is 1.90. The van der Waals surface area contributed by atoms with E-state index in [2.05, 4.69) is 0 Å².